The molecule has 1 saturated carbocycles. The van der Waals surface area contributed by atoms with Gasteiger partial charge in [0.1, 0.15) is 6.10 Å². The minimum Gasteiger partial charge on any atom is -0.478 e. The van der Waals surface area contributed by atoms with Crippen LogP contribution in [0.5, 0.6) is 0 Å². The molecule has 1 aliphatic rings. The number of hydrogen-bond acceptors (Lipinski definition) is 5. The zero-order valence-electron chi connectivity index (χ0n) is 14.6. The summed E-state index contributed by atoms with van der Waals surface area (Å²) in [6, 6.07) is 12.9. The third-order valence-electron chi connectivity index (χ3n) is 4.13. The van der Waals surface area contributed by atoms with E-state index in [1.165, 1.54) is 31.4 Å². The number of carbonyl (C=O) groups is 2. The van der Waals surface area contributed by atoms with Gasteiger partial charge in [0.2, 0.25) is 0 Å². The molecular formula is C20H24N2O4. The Kier molecular flexibility index (Phi) is 7.02. The molecule has 0 aliphatic heterocycles. The van der Waals surface area contributed by atoms with Crippen LogP contribution in [0.2, 0.25) is 0 Å². The molecule has 138 valence electrons. The molecular weight excluding hydrogens is 332 g/mol. The second-order valence-corrected chi connectivity index (χ2v) is 6.21. The highest BCUT2D eigenvalue weighted by Gasteiger charge is 2.18. The minimum atomic E-state index is -0.931. The zero-order valence-corrected chi connectivity index (χ0v) is 14.6. The van der Waals surface area contributed by atoms with E-state index < -0.39 is 5.97 Å². The maximum atomic E-state index is 11.8. The number of hydrogen-bond donors (Lipinski definition) is 3. The molecule has 6 nitrogen and oxygen atoms in total. The summed E-state index contributed by atoms with van der Waals surface area (Å²) in [5.74, 6) is -1.16. The van der Waals surface area contributed by atoms with Gasteiger partial charge in [-0.15, -0.1) is 0 Å². The highest BCUT2D eigenvalue weighted by atomic mass is 16.5. The van der Waals surface area contributed by atoms with E-state index >= 15 is 0 Å². The van der Waals surface area contributed by atoms with E-state index in [1.807, 2.05) is 0 Å². The summed E-state index contributed by atoms with van der Waals surface area (Å²) in [4.78, 5) is 22.0. The molecule has 6 heteroatoms. The molecule has 0 heterocycles. The Morgan fingerprint density at radius 2 is 1.27 bits per heavy atom. The number of rotatable bonds is 3. The summed E-state index contributed by atoms with van der Waals surface area (Å²) >= 11 is 0. The van der Waals surface area contributed by atoms with E-state index in [9.17, 15) is 9.59 Å². The van der Waals surface area contributed by atoms with Gasteiger partial charge in [-0.25, -0.2) is 9.59 Å². The van der Waals surface area contributed by atoms with E-state index in [2.05, 4.69) is 0 Å². The molecule has 0 saturated heterocycles. The largest absolute Gasteiger partial charge is 0.478 e. The Morgan fingerprint density at radius 1 is 0.808 bits per heavy atom. The SMILES string of the molecule is Nc1ccc(C(=O)O)cc1.Nc1ccc(C(=O)OC2CCCCC2)cc1. The molecule has 0 bridgehead atoms. The second-order valence-electron chi connectivity index (χ2n) is 6.21. The maximum Gasteiger partial charge on any atom is 0.338 e. The first-order valence-electron chi connectivity index (χ1n) is 8.61. The monoisotopic (exact) mass is 356 g/mol. The number of nitrogen functional groups attached to an aromatic ring is 2. The van der Waals surface area contributed by atoms with Gasteiger partial charge < -0.3 is 21.3 Å². The number of esters is 1. The molecule has 1 fully saturated rings. The first-order chi connectivity index (χ1) is 12.5. The Balaban J connectivity index is 0.000000209. The molecule has 5 N–H and O–H groups in total. The maximum absolute atomic E-state index is 11.8. The van der Waals surface area contributed by atoms with Gasteiger partial charge in [0.25, 0.3) is 0 Å². The van der Waals surface area contributed by atoms with Gasteiger partial charge in [0, 0.05) is 11.4 Å². The third kappa shape index (κ3) is 6.12. The van der Waals surface area contributed by atoms with Crippen molar-refractivity contribution in [3.8, 4) is 0 Å². The van der Waals surface area contributed by atoms with Gasteiger partial charge in [-0.3, -0.25) is 0 Å². The van der Waals surface area contributed by atoms with Crippen molar-refractivity contribution < 1.29 is 19.4 Å². The predicted octanol–water partition coefficient (Wildman–Crippen LogP) is 3.73. The van der Waals surface area contributed by atoms with Crippen molar-refractivity contribution in [3.05, 3.63) is 59.7 Å². The number of carbonyl (C=O) groups excluding carboxylic acids is 1. The van der Waals surface area contributed by atoms with E-state index in [1.54, 1.807) is 36.4 Å². The average molecular weight is 356 g/mol. The molecule has 3 rings (SSSR count). The van der Waals surface area contributed by atoms with Crippen molar-refractivity contribution in [2.75, 3.05) is 11.5 Å². The number of carboxylic acid groups (broad SMARTS) is 1. The van der Waals surface area contributed by atoms with Crippen LogP contribution in [0.1, 0.15) is 52.8 Å². The lowest BCUT2D eigenvalue weighted by Crippen LogP contribution is -2.20. The summed E-state index contributed by atoms with van der Waals surface area (Å²) in [7, 11) is 0. The fourth-order valence-electron chi connectivity index (χ4n) is 2.65. The van der Waals surface area contributed by atoms with Gasteiger partial charge in [-0.1, -0.05) is 6.42 Å². The van der Waals surface area contributed by atoms with E-state index in [0.717, 1.165) is 12.8 Å². The van der Waals surface area contributed by atoms with E-state index in [-0.39, 0.29) is 17.6 Å². The number of aromatic carboxylic acids is 1. The number of anilines is 2. The molecule has 2 aromatic rings. The third-order valence-corrected chi connectivity index (χ3v) is 4.13. The van der Waals surface area contributed by atoms with Crippen LogP contribution in [0.3, 0.4) is 0 Å². The van der Waals surface area contributed by atoms with Crippen molar-refractivity contribution >= 4 is 23.3 Å². The van der Waals surface area contributed by atoms with Gasteiger partial charge in [-0.2, -0.15) is 0 Å². The summed E-state index contributed by atoms with van der Waals surface area (Å²) in [5, 5.41) is 8.43. The number of benzene rings is 2. The minimum absolute atomic E-state index is 0.110. The second kappa shape index (κ2) is 9.46. The van der Waals surface area contributed by atoms with Gasteiger partial charge in [0.05, 0.1) is 11.1 Å². The number of carboxylic acids is 1. The van der Waals surface area contributed by atoms with Gasteiger partial charge in [0.15, 0.2) is 0 Å². The highest BCUT2D eigenvalue weighted by molar-refractivity contribution is 5.90. The summed E-state index contributed by atoms with van der Waals surface area (Å²) in [6.45, 7) is 0. The normalized spacial score (nSPS) is 14.0. The van der Waals surface area contributed by atoms with Crippen LogP contribution >= 0.6 is 0 Å². The quantitative estimate of drug-likeness (QED) is 0.570. The van der Waals surface area contributed by atoms with Crippen LogP contribution in [0, 0.1) is 0 Å². The molecule has 2 aromatic carbocycles. The molecule has 0 unspecified atom stereocenters. The Bertz CT molecular complexity index is 720. The van der Waals surface area contributed by atoms with Crippen LogP contribution in [-0.4, -0.2) is 23.1 Å². The lowest BCUT2D eigenvalue weighted by Gasteiger charge is -2.21. The number of nitrogens with two attached hydrogens (primary N) is 2. The highest BCUT2D eigenvalue weighted by Crippen LogP contribution is 2.21. The fraction of sp³-hybridized carbons (Fsp3) is 0.300. The average Bonchev–Trinajstić information content (AvgIpc) is 2.64. The topological polar surface area (TPSA) is 116 Å². The van der Waals surface area contributed by atoms with Gasteiger partial charge in [-0.05, 0) is 74.2 Å². The van der Waals surface area contributed by atoms with Crippen LogP contribution in [0.25, 0.3) is 0 Å². The predicted molar refractivity (Wildman–Crippen MR) is 101 cm³/mol. The van der Waals surface area contributed by atoms with Crippen molar-refractivity contribution in [1.82, 2.24) is 0 Å². The first-order valence-corrected chi connectivity index (χ1v) is 8.61. The van der Waals surface area contributed by atoms with E-state index in [4.69, 9.17) is 21.3 Å². The van der Waals surface area contributed by atoms with Crippen molar-refractivity contribution in [2.45, 2.75) is 38.2 Å². The van der Waals surface area contributed by atoms with Crippen LogP contribution in [0.4, 0.5) is 11.4 Å². The smallest absolute Gasteiger partial charge is 0.338 e. The van der Waals surface area contributed by atoms with Crippen LogP contribution < -0.4 is 11.5 Å². The summed E-state index contributed by atoms with van der Waals surface area (Å²) in [6.07, 6.45) is 5.70. The molecule has 0 atom stereocenters. The number of ether oxygens (including phenoxy) is 1. The lowest BCUT2D eigenvalue weighted by atomic mass is 9.98. The first kappa shape index (κ1) is 19.3. The van der Waals surface area contributed by atoms with E-state index in [0.29, 0.717) is 16.9 Å². The molecule has 0 aromatic heterocycles. The van der Waals surface area contributed by atoms with Crippen molar-refractivity contribution in [3.63, 3.8) is 0 Å². The lowest BCUT2D eigenvalue weighted by molar-refractivity contribution is 0.0211. The summed E-state index contributed by atoms with van der Waals surface area (Å²) < 4.78 is 5.44. The van der Waals surface area contributed by atoms with Gasteiger partial charge >= 0.3 is 11.9 Å². The van der Waals surface area contributed by atoms with Crippen LogP contribution in [-0.2, 0) is 4.74 Å². The van der Waals surface area contributed by atoms with Crippen molar-refractivity contribution in [2.24, 2.45) is 0 Å². The zero-order chi connectivity index (χ0) is 18.9. The fourth-order valence-corrected chi connectivity index (χ4v) is 2.65. The molecule has 26 heavy (non-hydrogen) atoms. The molecule has 0 spiro atoms. The van der Waals surface area contributed by atoms with Crippen molar-refractivity contribution in [1.29, 1.82) is 0 Å². The molecule has 0 amide bonds. The van der Waals surface area contributed by atoms with Crippen LogP contribution in [0.15, 0.2) is 48.5 Å². The standard InChI is InChI=1S/C13H17NO2.C7H7NO2/c14-11-8-6-10(7-9-11)13(15)16-12-4-2-1-3-5-12;8-6-3-1-5(2-4-6)7(9)10/h6-9,12H,1-5,14H2;1-4H,8H2,(H,9,10). The Hall–Kier alpha value is -3.02. The Labute approximate surface area is 152 Å². The Morgan fingerprint density at radius 3 is 1.73 bits per heavy atom. The molecule has 0 radical (unpaired) electrons. The molecule has 1 aliphatic carbocycles. The summed E-state index contributed by atoms with van der Waals surface area (Å²) in [5.41, 5.74) is 13.0.